The van der Waals surface area contributed by atoms with Crippen molar-refractivity contribution in [2.75, 3.05) is 0 Å². The van der Waals surface area contributed by atoms with Gasteiger partial charge in [-0.2, -0.15) is 11.8 Å². The molecule has 0 spiro atoms. The van der Waals surface area contributed by atoms with Gasteiger partial charge in [-0.1, -0.05) is 77.0 Å². The average Bonchev–Trinajstić information content (AvgIpc) is 3.98. The molecule has 4 heterocycles. The molecule has 0 aromatic rings. The van der Waals surface area contributed by atoms with Crippen molar-refractivity contribution in [3.05, 3.63) is 0 Å². The molecule has 12 rings (SSSR count). The van der Waals surface area contributed by atoms with Crippen molar-refractivity contribution in [3.63, 3.8) is 0 Å². The lowest BCUT2D eigenvalue weighted by Crippen LogP contribution is -2.62. The minimum absolute atomic E-state index is 0.500. The van der Waals surface area contributed by atoms with Crippen LogP contribution in [0.4, 0.5) is 0 Å². The van der Waals surface area contributed by atoms with E-state index in [-0.39, 0.29) is 0 Å². The number of ether oxygens (including phenoxy) is 3. The summed E-state index contributed by atoms with van der Waals surface area (Å²) in [6.45, 7) is 0. The fraction of sp³-hybridized carbons (Fsp3) is 1.00. The summed E-state index contributed by atoms with van der Waals surface area (Å²) < 4.78 is 21.7. The van der Waals surface area contributed by atoms with E-state index in [1.807, 2.05) is 0 Å². The van der Waals surface area contributed by atoms with Crippen molar-refractivity contribution in [2.24, 2.45) is 59.2 Å². The molecule has 0 amide bonds. The molecule has 296 valence electrons. The molecule has 12 fully saturated rings. The highest BCUT2D eigenvalue weighted by Crippen LogP contribution is 2.65. The van der Waals surface area contributed by atoms with Crippen molar-refractivity contribution in [1.29, 1.82) is 0 Å². The summed E-state index contributed by atoms with van der Waals surface area (Å²) in [6, 6.07) is 2.10. The Balaban J connectivity index is 0.903. The van der Waals surface area contributed by atoms with E-state index in [1.54, 1.807) is 12.8 Å². The van der Waals surface area contributed by atoms with Crippen LogP contribution in [0.15, 0.2) is 0 Å². The van der Waals surface area contributed by atoms with Gasteiger partial charge in [0.15, 0.2) is 0 Å². The minimum Gasteiger partial charge on any atom is -0.374 e. The maximum absolute atomic E-state index is 7.45. The van der Waals surface area contributed by atoms with E-state index < -0.39 is 0 Å². The van der Waals surface area contributed by atoms with Gasteiger partial charge in [-0.25, -0.2) is 0 Å². The number of nitrogens with zero attached hydrogens (tertiary/aromatic N) is 1. The van der Waals surface area contributed by atoms with E-state index in [0.29, 0.717) is 48.7 Å². The van der Waals surface area contributed by atoms with Crippen LogP contribution >= 0.6 is 11.8 Å². The first-order chi connectivity index (χ1) is 26.3. The monoisotopic (exact) mass is 746 g/mol. The van der Waals surface area contributed by atoms with Gasteiger partial charge >= 0.3 is 0 Å². The topological polar surface area (TPSA) is 30.9 Å². The highest BCUT2D eigenvalue weighted by molar-refractivity contribution is 8.00. The first kappa shape index (κ1) is 35.2. The Kier molecular flexibility index (Phi) is 9.61. The van der Waals surface area contributed by atoms with Gasteiger partial charge in [-0.3, -0.25) is 4.90 Å². The molecule has 20 atom stereocenters. The third-order valence-corrected chi connectivity index (χ3v) is 21.8. The smallest absolute Gasteiger partial charge is 0.0766 e. The highest BCUT2D eigenvalue weighted by atomic mass is 32.2. The number of rotatable bonds is 4. The second-order valence-corrected chi connectivity index (χ2v) is 23.2. The normalized spacial score (nSPS) is 56.3. The molecular formula is C48H75NO3S. The number of hydrogen-bond acceptors (Lipinski definition) is 5. The molecule has 4 nitrogen and oxygen atoms in total. The fourth-order valence-corrected chi connectivity index (χ4v) is 20.5. The van der Waals surface area contributed by atoms with E-state index in [0.717, 1.165) is 75.7 Å². The Morgan fingerprint density at radius 2 is 0.981 bits per heavy atom. The molecule has 4 saturated heterocycles. The van der Waals surface area contributed by atoms with Gasteiger partial charge in [-0.05, 0) is 150 Å². The lowest BCUT2D eigenvalue weighted by Gasteiger charge is -2.55. The van der Waals surface area contributed by atoms with Crippen LogP contribution in [0.25, 0.3) is 0 Å². The zero-order valence-electron chi connectivity index (χ0n) is 33.3. The zero-order chi connectivity index (χ0) is 34.6. The molecule has 0 N–H and O–H groups in total. The second-order valence-electron chi connectivity index (χ2n) is 21.8. The van der Waals surface area contributed by atoms with Crippen LogP contribution in [0.3, 0.4) is 0 Å². The molecule has 8 aliphatic carbocycles. The van der Waals surface area contributed by atoms with Gasteiger partial charge in [0.2, 0.25) is 0 Å². The Bertz CT molecular complexity index is 1310. The number of thioether (sulfide) groups is 1. The summed E-state index contributed by atoms with van der Waals surface area (Å²) in [7, 11) is 0. The van der Waals surface area contributed by atoms with Crippen LogP contribution in [0.1, 0.15) is 173 Å². The lowest BCUT2D eigenvalue weighted by molar-refractivity contribution is -0.101. The summed E-state index contributed by atoms with van der Waals surface area (Å²) in [5.41, 5.74) is 0. The van der Waals surface area contributed by atoms with Gasteiger partial charge in [-0.15, -0.1) is 0 Å². The molecule has 8 saturated carbocycles. The van der Waals surface area contributed by atoms with E-state index in [1.165, 1.54) is 161 Å². The summed E-state index contributed by atoms with van der Waals surface area (Å²) >= 11 is 2.63. The van der Waals surface area contributed by atoms with Gasteiger partial charge in [0.05, 0.1) is 36.6 Å². The van der Waals surface area contributed by atoms with Crippen LogP contribution < -0.4 is 0 Å². The average molecular weight is 746 g/mol. The maximum atomic E-state index is 7.45. The van der Waals surface area contributed by atoms with Crippen LogP contribution in [0.5, 0.6) is 0 Å². The van der Waals surface area contributed by atoms with Crippen LogP contribution in [-0.2, 0) is 14.2 Å². The SMILES string of the molecule is C1CCC(C2CCC(N(C3CCC4C(C3)OC3CCCCC34)C3CCCC4C5CCCCC5OC43)C3SC4C(CCC5OC6CCCCC6C54)C23)CC1. The van der Waals surface area contributed by atoms with E-state index in [4.69, 9.17) is 14.2 Å². The van der Waals surface area contributed by atoms with Crippen molar-refractivity contribution >= 4 is 11.8 Å². The largest absolute Gasteiger partial charge is 0.374 e. The molecule has 0 bridgehead atoms. The molecule has 0 aromatic heterocycles. The minimum atomic E-state index is 0.500. The van der Waals surface area contributed by atoms with Crippen molar-refractivity contribution in [2.45, 2.75) is 239 Å². The zero-order valence-corrected chi connectivity index (χ0v) is 34.1. The van der Waals surface area contributed by atoms with E-state index in [9.17, 15) is 0 Å². The quantitative estimate of drug-likeness (QED) is 0.286. The Labute approximate surface area is 327 Å². The van der Waals surface area contributed by atoms with Crippen molar-refractivity contribution in [1.82, 2.24) is 4.90 Å². The summed E-state index contributed by atoms with van der Waals surface area (Å²) in [5.74, 6) is 9.03. The molecule has 5 heteroatoms. The standard InChI is InChI=1S/C48H75NO3S/c1-2-11-28(12-3-1)30-23-25-38(48-44(30)36-24-26-42-45(47(36)53-48)35-15-6-9-20-41(35)50-42)49(29-21-22-33-31-13-4-7-18-39(31)51-43(33)27-29)37-17-10-16-34-32-14-5-8-19-40(32)52-46(34)37/h28-48H,1-27H2. The van der Waals surface area contributed by atoms with Crippen molar-refractivity contribution < 1.29 is 14.2 Å². The van der Waals surface area contributed by atoms with Crippen LogP contribution in [0.2, 0.25) is 0 Å². The molecular weight excluding hydrogens is 671 g/mol. The summed E-state index contributed by atoms with van der Waals surface area (Å²) in [4.78, 5) is 3.39. The molecule has 20 unspecified atom stereocenters. The van der Waals surface area contributed by atoms with Crippen LogP contribution in [-0.4, -0.2) is 70.1 Å². The van der Waals surface area contributed by atoms with Gasteiger partial charge in [0.25, 0.3) is 0 Å². The predicted molar refractivity (Wildman–Crippen MR) is 214 cm³/mol. The third kappa shape index (κ3) is 5.83. The predicted octanol–water partition coefficient (Wildman–Crippen LogP) is 11.0. The molecule has 12 aliphatic rings. The Morgan fingerprint density at radius 3 is 1.81 bits per heavy atom. The molecule has 0 aromatic carbocycles. The second kappa shape index (κ2) is 14.5. The lowest BCUT2D eigenvalue weighted by atomic mass is 9.58. The Hall–Kier alpha value is 0.190. The third-order valence-electron chi connectivity index (χ3n) is 19.9. The summed E-state index contributed by atoms with van der Waals surface area (Å²) in [6.07, 6.45) is 42.3. The molecule has 0 radical (unpaired) electrons. The Morgan fingerprint density at radius 1 is 0.358 bits per heavy atom. The van der Waals surface area contributed by atoms with Gasteiger partial charge in [0, 0.05) is 34.5 Å². The molecule has 53 heavy (non-hydrogen) atoms. The van der Waals surface area contributed by atoms with E-state index >= 15 is 0 Å². The van der Waals surface area contributed by atoms with Crippen LogP contribution in [0, 0.1) is 59.2 Å². The van der Waals surface area contributed by atoms with Gasteiger partial charge in [0.1, 0.15) is 0 Å². The number of fused-ring (bicyclic) bond motifs is 13. The first-order valence-corrected chi connectivity index (χ1v) is 25.6. The fourth-order valence-electron chi connectivity index (χ4n) is 18.0. The first-order valence-electron chi connectivity index (χ1n) is 24.7. The number of hydrogen-bond donors (Lipinski definition) is 0. The van der Waals surface area contributed by atoms with Gasteiger partial charge < -0.3 is 14.2 Å². The highest BCUT2D eigenvalue weighted by Gasteiger charge is 2.64. The molecule has 4 aliphatic heterocycles. The summed E-state index contributed by atoms with van der Waals surface area (Å²) in [5, 5.41) is 1.70. The maximum Gasteiger partial charge on any atom is 0.0766 e. The van der Waals surface area contributed by atoms with E-state index in [2.05, 4.69) is 16.7 Å². The van der Waals surface area contributed by atoms with Crippen molar-refractivity contribution in [3.8, 4) is 0 Å².